The van der Waals surface area contributed by atoms with Crippen LogP contribution in [0.1, 0.15) is 6.92 Å². The van der Waals surface area contributed by atoms with Crippen molar-refractivity contribution >= 4 is 5.91 Å². The molecular formula is C8H15NO7. The molecule has 1 amide bonds. The van der Waals surface area contributed by atoms with Crippen molar-refractivity contribution in [3.05, 3.63) is 0 Å². The molecule has 0 aliphatic carbocycles. The summed E-state index contributed by atoms with van der Waals surface area (Å²) in [5.41, 5.74) is 0. The van der Waals surface area contributed by atoms with Crippen LogP contribution in [-0.2, 0) is 9.53 Å². The lowest BCUT2D eigenvalue weighted by Crippen LogP contribution is -2.71. The number of carbonyl (C=O) groups is 1. The number of carbonyl (C=O) groups excluding carboxylic acids is 1. The molecule has 8 nitrogen and oxygen atoms in total. The first-order chi connectivity index (χ1) is 7.31. The zero-order valence-electron chi connectivity index (χ0n) is 8.57. The molecule has 1 heterocycles. The summed E-state index contributed by atoms with van der Waals surface area (Å²) in [5, 5.41) is 48.6. The van der Waals surface area contributed by atoms with Gasteiger partial charge < -0.3 is 35.6 Å². The Labute approximate surface area is 91.1 Å². The lowest BCUT2D eigenvalue weighted by molar-refractivity contribution is -0.358. The smallest absolute Gasteiger partial charge is 0.279 e. The third-order valence-electron chi connectivity index (χ3n) is 2.32. The van der Waals surface area contributed by atoms with E-state index in [0.29, 0.717) is 0 Å². The fourth-order valence-electron chi connectivity index (χ4n) is 1.51. The molecule has 8 heteroatoms. The van der Waals surface area contributed by atoms with Gasteiger partial charge in [0.1, 0.15) is 18.3 Å². The van der Waals surface area contributed by atoms with Crippen LogP contribution in [0.5, 0.6) is 0 Å². The summed E-state index contributed by atoms with van der Waals surface area (Å²) in [7, 11) is 0. The predicted octanol–water partition coefficient (Wildman–Crippen LogP) is -3.76. The minimum atomic E-state index is -2.53. The summed E-state index contributed by atoms with van der Waals surface area (Å²) in [5.74, 6) is -3.24. The highest BCUT2D eigenvalue weighted by atomic mass is 16.7. The summed E-state index contributed by atoms with van der Waals surface area (Å²) >= 11 is 0. The summed E-state index contributed by atoms with van der Waals surface area (Å²) in [4.78, 5) is 10.8. The fourth-order valence-corrected chi connectivity index (χ4v) is 1.51. The molecule has 0 spiro atoms. The highest BCUT2D eigenvalue weighted by Crippen LogP contribution is 2.26. The average Bonchev–Trinajstić information content (AvgIpc) is 2.20. The molecule has 0 aromatic heterocycles. The first-order valence-corrected chi connectivity index (χ1v) is 4.66. The van der Waals surface area contributed by atoms with E-state index in [4.69, 9.17) is 9.84 Å². The second kappa shape index (κ2) is 4.62. The molecule has 1 aliphatic heterocycles. The molecule has 0 bridgehead atoms. The van der Waals surface area contributed by atoms with Crippen LogP contribution < -0.4 is 5.32 Å². The second-order valence-electron chi connectivity index (χ2n) is 3.64. The minimum absolute atomic E-state index is 0.688. The largest absolute Gasteiger partial charge is 0.394 e. The number of hydrogen-bond acceptors (Lipinski definition) is 7. The van der Waals surface area contributed by atoms with Gasteiger partial charge >= 0.3 is 0 Å². The average molecular weight is 237 g/mol. The number of nitrogens with one attached hydrogen (secondary N) is 1. The fraction of sp³-hybridized carbons (Fsp3) is 0.875. The molecule has 1 aliphatic rings. The highest BCUT2D eigenvalue weighted by molar-refractivity contribution is 5.73. The Bertz CT molecular complexity index is 271. The van der Waals surface area contributed by atoms with E-state index < -0.39 is 42.8 Å². The van der Waals surface area contributed by atoms with E-state index in [1.54, 1.807) is 0 Å². The highest BCUT2D eigenvalue weighted by Gasteiger charge is 2.53. The van der Waals surface area contributed by atoms with Crippen molar-refractivity contribution < 1.29 is 35.1 Å². The van der Waals surface area contributed by atoms with Crippen molar-refractivity contribution in [3.63, 3.8) is 0 Å². The van der Waals surface area contributed by atoms with E-state index in [1.165, 1.54) is 0 Å². The third kappa shape index (κ3) is 2.32. The number of hydrogen-bond donors (Lipinski definition) is 6. The lowest BCUT2D eigenvalue weighted by Gasteiger charge is -2.44. The molecule has 94 valence electrons. The van der Waals surface area contributed by atoms with E-state index >= 15 is 0 Å². The van der Waals surface area contributed by atoms with Gasteiger partial charge in [0.15, 0.2) is 6.10 Å². The Balaban J connectivity index is 2.89. The van der Waals surface area contributed by atoms with Crippen molar-refractivity contribution in [2.24, 2.45) is 0 Å². The third-order valence-corrected chi connectivity index (χ3v) is 2.32. The van der Waals surface area contributed by atoms with Crippen LogP contribution in [0.3, 0.4) is 0 Å². The predicted molar refractivity (Wildman–Crippen MR) is 48.7 cm³/mol. The van der Waals surface area contributed by atoms with Crippen molar-refractivity contribution in [3.8, 4) is 0 Å². The summed E-state index contributed by atoms with van der Waals surface area (Å²) in [6.07, 6.45) is -6.54. The van der Waals surface area contributed by atoms with Crippen LogP contribution in [0.25, 0.3) is 0 Å². The Morgan fingerprint density at radius 1 is 1.38 bits per heavy atom. The molecule has 0 radical (unpaired) electrons. The molecule has 5 atom stereocenters. The normalized spacial score (nSPS) is 44.1. The quantitative estimate of drug-likeness (QED) is 0.271. The molecule has 0 aromatic carbocycles. The molecule has 0 aromatic rings. The summed E-state index contributed by atoms with van der Waals surface area (Å²) < 4.78 is 4.74. The maximum atomic E-state index is 10.8. The van der Waals surface area contributed by atoms with Gasteiger partial charge in [-0.15, -0.1) is 0 Å². The molecule has 1 fully saturated rings. The molecule has 1 saturated heterocycles. The minimum Gasteiger partial charge on any atom is -0.394 e. The lowest BCUT2D eigenvalue weighted by atomic mass is 9.96. The van der Waals surface area contributed by atoms with Crippen LogP contribution in [-0.4, -0.2) is 68.4 Å². The Morgan fingerprint density at radius 2 is 1.94 bits per heavy atom. The molecule has 16 heavy (non-hydrogen) atoms. The SMILES string of the molecule is CC(=O)N[C@]1(O)O[C@H](CO)[C@@H](O)[C@H](O)[C@@H]1O. The molecule has 0 unspecified atom stereocenters. The Hall–Kier alpha value is -0.770. The van der Waals surface area contributed by atoms with E-state index in [0.717, 1.165) is 6.92 Å². The molecule has 1 rings (SSSR count). The molecule has 6 N–H and O–H groups in total. The summed E-state index contributed by atoms with van der Waals surface area (Å²) in [6.45, 7) is 0.381. The van der Waals surface area contributed by atoms with Crippen molar-refractivity contribution in [1.82, 2.24) is 5.32 Å². The first-order valence-electron chi connectivity index (χ1n) is 4.66. The number of aliphatic hydroxyl groups is 5. The zero-order valence-corrected chi connectivity index (χ0v) is 8.57. The maximum Gasteiger partial charge on any atom is 0.279 e. The van der Waals surface area contributed by atoms with E-state index in [-0.39, 0.29) is 0 Å². The van der Waals surface area contributed by atoms with Gasteiger partial charge in [0.25, 0.3) is 5.91 Å². The van der Waals surface area contributed by atoms with Crippen LogP contribution in [0.15, 0.2) is 0 Å². The maximum absolute atomic E-state index is 10.8. The Kier molecular flexibility index (Phi) is 3.84. The van der Waals surface area contributed by atoms with Crippen molar-refractivity contribution in [1.29, 1.82) is 0 Å². The number of ether oxygens (including phenoxy) is 1. The van der Waals surface area contributed by atoms with Gasteiger partial charge in [0.2, 0.25) is 5.91 Å². The monoisotopic (exact) mass is 237 g/mol. The molecule has 0 saturated carbocycles. The number of amides is 1. The van der Waals surface area contributed by atoms with Crippen LogP contribution in [0.4, 0.5) is 0 Å². The standard InChI is InChI=1S/C8H15NO7/c1-3(11)9-8(15)7(14)6(13)5(12)4(2-10)16-8/h4-7,10,12-15H,2H2,1H3,(H,9,11)/t4-,5-,6+,7+,8-/m1/s1. The summed E-state index contributed by atoms with van der Waals surface area (Å²) in [6, 6.07) is 0. The Morgan fingerprint density at radius 3 is 2.38 bits per heavy atom. The second-order valence-corrected chi connectivity index (χ2v) is 3.64. The van der Waals surface area contributed by atoms with Gasteiger partial charge in [-0.25, -0.2) is 0 Å². The van der Waals surface area contributed by atoms with Gasteiger partial charge in [0, 0.05) is 6.92 Å². The van der Waals surface area contributed by atoms with Crippen LogP contribution >= 0.6 is 0 Å². The number of aliphatic hydroxyl groups excluding tert-OH is 4. The number of rotatable bonds is 2. The van der Waals surface area contributed by atoms with E-state index in [2.05, 4.69) is 0 Å². The van der Waals surface area contributed by atoms with E-state index in [9.17, 15) is 25.2 Å². The van der Waals surface area contributed by atoms with Gasteiger partial charge in [-0.1, -0.05) is 0 Å². The van der Waals surface area contributed by atoms with E-state index in [1.807, 2.05) is 5.32 Å². The van der Waals surface area contributed by atoms with Crippen LogP contribution in [0, 0.1) is 0 Å². The topological polar surface area (TPSA) is 139 Å². The van der Waals surface area contributed by atoms with Crippen molar-refractivity contribution in [2.45, 2.75) is 37.3 Å². The van der Waals surface area contributed by atoms with Crippen molar-refractivity contribution in [2.75, 3.05) is 6.61 Å². The zero-order chi connectivity index (χ0) is 12.5. The first kappa shape index (κ1) is 13.3. The van der Waals surface area contributed by atoms with Gasteiger partial charge in [-0.05, 0) is 0 Å². The molecular weight excluding hydrogens is 222 g/mol. The van der Waals surface area contributed by atoms with Gasteiger partial charge in [-0.3, -0.25) is 4.79 Å². The van der Waals surface area contributed by atoms with Crippen LogP contribution in [0.2, 0.25) is 0 Å². The van der Waals surface area contributed by atoms with Gasteiger partial charge in [0.05, 0.1) is 6.61 Å². The van der Waals surface area contributed by atoms with Gasteiger partial charge in [-0.2, -0.15) is 0 Å².